The third-order valence-corrected chi connectivity index (χ3v) is 1.75. The Morgan fingerprint density at radius 3 is 2.82 bits per heavy atom. The van der Waals surface area contributed by atoms with Crippen LogP contribution in [0, 0.1) is 11.8 Å². The van der Waals surface area contributed by atoms with E-state index in [2.05, 4.69) is 21.8 Å². The predicted molar refractivity (Wildman–Crippen MR) is 46.2 cm³/mol. The summed E-state index contributed by atoms with van der Waals surface area (Å²) in [5.74, 6) is 6.51. The number of rotatable bonds is 2. The Hall–Kier alpha value is -1.01. The Bertz CT molecular complexity index is 260. The molecule has 1 heterocycles. The van der Waals surface area contributed by atoms with Crippen LogP contribution in [0.25, 0.3) is 0 Å². The van der Waals surface area contributed by atoms with Crippen molar-refractivity contribution in [3.63, 3.8) is 0 Å². The van der Waals surface area contributed by atoms with Crippen molar-refractivity contribution in [2.75, 3.05) is 5.75 Å². The van der Waals surface area contributed by atoms with Gasteiger partial charge in [0, 0.05) is 12.4 Å². The lowest BCUT2D eigenvalue weighted by Crippen LogP contribution is -1.83. The summed E-state index contributed by atoms with van der Waals surface area (Å²) in [6.07, 6.45) is 3.46. The first-order valence-corrected chi connectivity index (χ1v) is 4.21. The Morgan fingerprint density at radius 1 is 1.45 bits per heavy atom. The Kier molecular flexibility index (Phi) is 3.49. The molecule has 11 heavy (non-hydrogen) atoms. The minimum atomic E-state index is 0.764. The molecule has 0 aliphatic carbocycles. The zero-order valence-electron chi connectivity index (χ0n) is 6.24. The summed E-state index contributed by atoms with van der Waals surface area (Å²) in [7, 11) is 0. The fourth-order valence-corrected chi connectivity index (χ4v) is 1.15. The topological polar surface area (TPSA) is 25.8 Å². The summed E-state index contributed by atoms with van der Waals surface area (Å²) in [5.41, 5.74) is 0. The molecule has 0 atom stereocenters. The molecule has 56 valence electrons. The molecule has 0 N–H and O–H groups in total. The monoisotopic (exact) mass is 164 g/mol. The first kappa shape index (κ1) is 8.09. The normalized spacial score (nSPS) is 8.45. The summed E-state index contributed by atoms with van der Waals surface area (Å²) in [6, 6.07) is 1.80. The standard InChI is InChI=1S/C8H8N2S/c1-2-3-7-11-8-9-5-4-6-10-8/h4-6H,7H2,1H3. The maximum atomic E-state index is 4.03. The summed E-state index contributed by atoms with van der Waals surface area (Å²) >= 11 is 1.55. The number of thioether (sulfide) groups is 1. The summed E-state index contributed by atoms with van der Waals surface area (Å²) < 4.78 is 0. The average molecular weight is 164 g/mol. The highest BCUT2D eigenvalue weighted by molar-refractivity contribution is 7.99. The Labute approximate surface area is 70.5 Å². The molecule has 2 nitrogen and oxygen atoms in total. The molecule has 0 saturated carbocycles. The lowest BCUT2D eigenvalue weighted by molar-refractivity contribution is 0.969. The van der Waals surface area contributed by atoms with Gasteiger partial charge in [0.05, 0.1) is 5.75 Å². The molecule has 0 aliphatic rings. The van der Waals surface area contributed by atoms with Crippen molar-refractivity contribution in [2.24, 2.45) is 0 Å². The van der Waals surface area contributed by atoms with E-state index in [1.54, 1.807) is 30.2 Å². The molecule has 0 amide bonds. The third kappa shape index (κ3) is 3.06. The van der Waals surface area contributed by atoms with Gasteiger partial charge in [-0.3, -0.25) is 0 Å². The van der Waals surface area contributed by atoms with Crippen LogP contribution >= 0.6 is 11.8 Å². The minimum absolute atomic E-state index is 0.764. The van der Waals surface area contributed by atoms with Gasteiger partial charge in [0.1, 0.15) is 0 Å². The van der Waals surface area contributed by atoms with Crippen LogP contribution in [0.2, 0.25) is 0 Å². The molecule has 0 radical (unpaired) electrons. The van der Waals surface area contributed by atoms with Gasteiger partial charge in [-0.1, -0.05) is 17.7 Å². The van der Waals surface area contributed by atoms with Gasteiger partial charge in [-0.15, -0.1) is 5.92 Å². The van der Waals surface area contributed by atoms with Crippen LogP contribution in [0.15, 0.2) is 23.6 Å². The molecule has 3 heteroatoms. The van der Waals surface area contributed by atoms with Gasteiger partial charge in [-0.05, 0) is 13.0 Å². The molecular weight excluding hydrogens is 156 g/mol. The van der Waals surface area contributed by atoms with E-state index in [9.17, 15) is 0 Å². The molecule has 1 aromatic rings. The van der Waals surface area contributed by atoms with Crippen LogP contribution in [0.1, 0.15) is 6.92 Å². The lowest BCUT2D eigenvalue weighted by Gasteiger charge is -1.91. The highest BCUT2D eigenvalue weighted by atomic mass is 32.2. The van der Waals surface area contributed by atoms with Crippen molar-refractivity contribution in [3.05, 3.63) is 18.5 Å². The second-order valence-corrected chi connectivity index (χ2v) is 2.69. The van der Waals surface area contributed by atoms with Gasteiger partial charge in [0.25, 0.3) is 0 Å². The Balaban J connectivity index is 2.43. The molecular formula is C8H8N2S. The van der Waals surface area contributed by atoms with Gasteiger partial charge in [-0.25, -0.2) is 9.97 Å². The van der Waals surface area contributed by atoms with Gasteiger partial charge in [0.2, 0.25) is 0 Å². The van der Waals surface area contributed by atoms with Gasteiger partial charge < -0.3 is 0 Å². The predicted octanol–water partition coefficient (Wildman–Crippen LogP) is 1.59. The third-order valence-electron chi connectivity index (χ3n) is 0.992. The van der Waals surface area contributed by atoms with E-state index in [1.807, 2.05) is 6.92 Å². The van der Waals surface area contributed by atoms with Crippen LogP contribution in [-0.4, -0.2) is 15.7 Å². The van der Waals surface area contributed by atoms with Crippen molar-refractivity contribution >= 4 is 11.8 Å². The molecule has 0 aromatic carbocycles. The van der Waals surface area contributed by atoms with Crippen LogP contribution in [-0.2, 0) is 0 Å². The number of aromatic nitrogens is 2. The van der Waals surface area contributed by atoms with E-state index in [0.29, 0.717) is 0 Å². The van der Waals surface area contributed by atoms with Crippen molar-refractivity contribution in [2.45, 2.75) is 12.1 Å². The SMILES string of the molecule is CC#CCSc1ncccn1. The zero-order valence-corrected chi connectivity index (χ0v) is 7.06. The largest absolute Gasteiger partial charge is 0.231 e. The van der Waals surface area contributed by atoms with Gasteiger partial charge in [0.15, 0.2) is 5.16 Å². The van der Waals surface area contributed by atoms with Crippen LogP contribution in [0.5, 0.6) is 0 Å². The number of hydrogen-bond donors (Lipinski definition) is 0. The summed E-state index contributed by atoms with van der Waals surface area (Å²) in [5, 5.41) is 0.787. The van der Waals surface area contributed by atoms with Crippen LogP contribution in [0.3, 0.4) is 0 Å². The second-order valence-electron chi connectivity index (χ2n) is 1.75. The maximum absolute atomic E-state index is 4.03. The molecule has 0 aliphatic heterocycles. The first-order chi connectivity index (χ1) is 5.43. The van der Waals surface area contributed by atoms with Crippen LogP contribution in [0.4, 0.5) is 0 Å². The Morgan fingerprint density at radius 2 is 2.18 bits per heavy atom. The smallest absolute Gasteiger partial charge is 0.188 e. The first-order valence-electron chi connectivity index (χ1n) is 3.23. The fourth-order valence-electron chi connectivity index (χ4n) is 0.533. The van der Waals surface area contributed by atoms with Gasteiger partial charge in [-0.2, -0.15) is 0 Å². The van der Waals surface area contributed by atoms with Crippen molar-refractivity contribution in [1.29, 1.82) is 0 Å². The van der Waals surface area contributed by atoms with E-state index < -0.39 is 0 Å². The molecule has 0 bridgehead atoms. The van der Waals surface area contributed by atoms with E-state index in [0.717, 1.165) is 10.9 Å². The summed E-state index contributed by atoms with van der Waals surface area (Å²) in [6.45, 7) is 1.83. The van der Waals surface area contributed by atoms with Gasteiger partial charge >= 0.3 is 0 Å². The number of hydrogen-bond acceptors (Lipinski definition) is 3. The molecule has 1 rings (SSSR count). The van der Waals surface area contributed by atoms with E-state index >= 15 is 0 Å². The zero-order chi connectivity index (χ0) is 7.94. The van der Waals surface area contributed by atoms with Crippen molar-refractivity contribution in [1.82, 2.24) is 9.97 Å². The van der Waals surface area contributed by atoms with E-state index in [4.69, 9.17) is 0 Å². The van der Waals surface area contributed by atoms with E-state index in [1.165, 1.54) is 0 Å². The number of nitrogens with zero attached hydrogens (tertiary/aromatic N) is 2. The molecule has 0 saturated heterocycles. The highest BCUT2D eigenvalue weighted by Crippen LogP contribution is 2.08. The fraction of sp³-hybridized carbons (Fsp3) is 0.250. The average Bonchev–Trinajstić information content (AvgIpc) is 2.07. The highest BCUT2D eigenvalue weighted by Gasteiger charge is 1.90. The minimum Gasteiger partial charge on any atom is -0.231 e. The lowest BCUT2D eigenvalue weighted by atomic mass is 10.7. The quantitative estimate of drug-likeness (QED) is 0.377. The molecule has 1 aromatic heterocycles. The molecule has 0 unspecified atom stereocenters. The van der Waals surface area contributed by atoms with Crippen LogP contribution < -0.4 is 0 Å². The summed E-state index contributed by atoms with van der Waals surface area (Å²) in [4.78, 5) is 8.07. The second kappa shape index (κ2) is 4.75. The maximum Gasteiger partial charge on any atom is 0.188 e. The molecule has 0 spiro atoms. The van der Waals surface area contributed by atoms with Crippen molar-refractivity contribution in [3.8, 4) is 11.8 Å². The molecule has 0 fully saturated rings. The van der Waals surface area contributed by atoms with Crippen molar-refractivity contribution < 1.29 is 0 Å². The van der Waals surface area contributed by atoms with E-state index in [-0.39, 0.29) is 0 Å².